The zero-order valence-electron chi connectivity index (χ0n) is 10.1. The Morgan fingerprint density at radius 1 is 1.47 bits per heavy atom. The Morgan fingerprint density at radius 3 is 2.60 bits per heavy atom. The van der Waals surface area contributed by atoms with E-state index in [2.05, 4.69) is 5.32 Å². The van der Waals surface area contributed by atoms with Crippen LogP contribution in [0.1, 0.15) is 12.8 Å². The molecule has 1 aliphatic rings. The van der Waals surface area contributed by atoms with Crippen LogP contribution in [0.3, 0.4) is 0 Å². The summed E-state index contributed by atoms with van der Waals surface area (Å²) >= 11 is 0. The van der Waals surface area contributed by atoms with Gasteiger partial charge in [0.2, 0.25) is 0 Å². The molecule has 1 aliphatic carbocycles. The molecule has 1 saturated carbocycles. The molecule has 0 aromatic carbocycles. The summed E-state index contributed by atoms with van der Waals surface area (Å²) in [5.41, 5.74) is 0. The van der Waals surface area contributed by atoms with Gasteiger partial charge < -0.3 is 20.1 Å². The number of aliphatic hydroxyl groups is 1. The third-order valence-corrected chi connectivity index (χ3v) is 2.73. The van der Waals surface area contributed by atoms with Crippen molar-refractivity contribution in [2.45, 2.75) is 25.0 Å². The van der Waals surface area contributed by atoms with E-state index in [0.717, 1.165) is 12.5 Å². The lowest BCUT2D eigenvalue weighted by Gasteiger charge is -2.21. The number of aliphatic hydroxyl groups excluding tert-OH is 1. The smallest absolute Gasteiger partial charge is 0.0791 e. The minimum atomic E-state index is -0.293. The fraction of sp³-hybridized carbons (Fsp3) is 1.00. The van der Waals surface area contributed by atoms with Gasteiger partial charge >= 0.3 is 0 Å². The van der Waals surface area contributed by atoms with Gasteiger partial charge in [-0.3, -0.25) is 0 Å². The maximum atomic E-state index is 9.69. The Hall–Kier alpha value is -0.160. The third-order valence-electron chi connectivity index (χ3n) is 2.73. The minimum Gasteiger partial charge on any atom is -0.390 e. The number of hydrogen-bond donors (Lipinski definition) is 2. The summed E-state index contributed by atoms with van der Waals surface area (Å²) in [6, 6.07) is 0.423. The van der Waals surface area contributed by atoms with Crippen LogP contribution in [-0.4, -0.2) is 63.1 Å². The van der Waals surface area contributed by atoms with E-state index in [0.29, 0.717) is 19.1 Å². The summed E-state index contributed by atoms with van der Waals surface area (Å²) in [4.78, 5) is 1.99. The second kappa shape index (κ2) is 6.43. The molecule has 0 aromatic heterocycles. The van der Waals surface area contributed by atoms with Crippen molar-refractivity contribution in [1.82, 2.24) is 10.2 Å². The van der Waals surface area contributed by atoms with Crippen LogP contribution in [0.25, 0.3) is 0 Å². The van der Waals surface area contributed by atoms with Crippen LogP contribution in [-0.2, 0) is 4.74 Å². The van der Waals surface area contributed by atoms with Crippen LogP contribution in [0, 0.1) is 5.92 Å². The molecular formula is C11H24N2O2. The van der Waals surface area contributed by atoms with E-state index < -0.39 is 0 Å². The number of nitrogens with zero attached hydrogens (tertiary/aromatic N) is 1. The normalized spacial score (nSPS) is 20.6. The molecule has 0 saturated heterocycles. The van der Waals surface area contributed by atoms with Gasteiger partial charge in [0.15, 0.2) is 0 Å². The van der Waals surface area contributed by atoms with Crippen LogP contribution in [0.2, 0.25) is 0 Å². The molecule has 15 heavy (non-hydrogen) atoms. The topological polar surface area (TPSA) is 44.7 Å². The molecule has 0 aliphatic heterocycles. The maximum Gasteiger partial charge on any atom is 0.0791 e. The van der Waals surface area contributed by atoms with Gasteiger partial charge in [0, 0.05) is 26.2 Å². The number of likely N-dealkylation sites (N-methyl/N-ethyl adjacent to an activating group) is 1. The largest absolute Gasteiger partial charge is 0.390 e. The molecule has 0 radical (unpaired) electrons. The number of rotatable bonds is 8. The van der Waals surface area contributed by atoms with Crippen molar-refractivity contribution in [3.8, 4) is 0 Å². The Kier molecular flexibility index (Phi) is 5.53. The molecule has 2 atom stereocenters. The number of nitrogens with one attached hydrogen (secondary N) is 1. The lowest BCUT2D eigenvalue weighted by molar-refractivity contribution is 0.114. The van der Waals surface area contributed by atoms with Crippen molar-refractivity contribution in [1.29, 1.82) is 0 Å². The van der Waals surface area contributed by atoms with Gasteiger partial charge in [0.25, 0.3) is 0 Å². The van der Waals surface area contributed by atoms with Crippen LogP contribution in [0.15, 0.2) is 0 Å². The van der Waals surface area contributed by atoms with Crippen molar-refractivity contribution < 1.29 is 9.84 Å². The summed E-state index contributed by atoms with van der Waals surface area (Å²) in [5, 5.41) is 13.1. The number of hydrogen-bond acceptors (Lipinski definition) is 4. The van der Waals surface area contributed by atoms with Crippen LogP contribution in [0.4, 0.5) is 0 Å². The number of methoxy groups -OCH3 is 1. The minimum absolute atomic E-state index is 0.293. The summed E-state index contributed by atoms with van der Waals surface area (Å²) in [6.45, 7) is 2.11. The molecular weight excluding hydrogens is 192 g/mol. The lowest BCUT2D eigenvalue weighted by atomic mass is 10.2. The molecule has 4 heteroatoms. The van der Waals surface area contributed by atoms with Gasteiger partial charge in [-0.05, 0) is 32.9 Å². The standard InChI is InChI=1S/C11H24N2O2/c1-13(2)7-10(14)6-12-11(8-15-3)9-4-5-9/h9-12,14H,4-8H2,1-3H3. The van der Waals surface area contributed by atoms with Crippen molar-refractivity contribution >= 4 is 0 Å². The predicted molar refractivity (Wildman–Crippen MR) is 61.0 cm³/mol. The van der Waals surface area contributed by atoms with Crippen LogP contribution >= 0.6 is 0 Å². The fourth-order valence-corrected chi connectivity index (χ4v) is 1.81. The highest BCUT2D eigenvalue weighted by Crippen LogP contribution is 2.32. The van der Waals surface area contributed by atoms with E-state index in [4.69, 9.17) is 4.74 Å². The Labute approximate surface area is 92.6 Å². The van der Waals surface area contributed by atoms with Crippen LogP contribution in [0.5, 0.6) is 0 Å². The van der Waals surface area contributed by atoms with Crippen molar-refractivity contribution in [2.24, 2.45) is 5.92 Å². The maximum absolute atomic E-state index is 9.69. The van der Waals surface area contributed by atoms with Gasteiger partial charge in [-0.25, -0.2) is 0 Å². The molecule has 2 N–H and O–H groups in total. The zero-order valence-corrected chi connectivity index (χ0v) is 10.1. The SMILES string of the molecule is COCC(NCC(O)CN(C)C)C1CC1. The van der Waals surface area contributed by atoms with E-state index >= 15 is 0 Å². The van der Waals surface area contributed by atoms with Gasteiger partial charge in [-0.2, -0.15) is 0 Å². The third kappa shape index (κ3) is 5.47. The average molecular weight is 216 g/mol. The Balaban J connectivity index is 2.14. The summed E-state index contributed by atoms with van der Waals surface area (Å²) < 4.78 is 5.16. The quantitative estimate of drug-likeness (QED) is 0.596. The summed E-state index contributed by atoms with van der Waals surface area (Å²) in [5.74, 6) is 0.761. The molecule has 0 bridgehead atoms. The Bertz CT molecular complexity index is 172. The average Bonchev–Trinajstić information content (AvgIpc) is 2.94. The molecule has 1 fully saturated rings. The summed E-state index contributed by atoms with van der Waals surface area (Å²) in [7, 11) is 5.67. The number of ether oxygens (including phenoxy) is 1. The molecule has 90 valence electrons. The van der Waals surface area contributed by atoms with E-state index in [-0.39, 0.29) is 6.10 Å². The lowest BCUT2D eigenvalue weighted by Crippen LogP contribution is -2.42. The van der Waals surface area contributed by atoms with Gasteiger partial charge in [0.1, 0.15) is 0 Å². The molecule has 2 unspecified atom stereocenters. The molecule has 0 amide bonds. The molecule has 0 aromatic rings. The highest BCUT2D eigenvalue weighted by molar-refractivity contribution is 4.86. The first-order chi connectivity index (χ1) is 7.13. The van der Waals surface area contributed by atoms with Crippen molar-refractivity contribution in [3.63, 3.8) is 0 Å². The highest BCUT2D eigenvalue weighted by atomic mass is 16.5. The second-order valence-electron chi connectivity index (χ2n) is 4.72. The van der Waals surface area contributed by atoms with Crippen LogP contribution < -0.4 is 5.32 Å². The molecule has 0 heterocycles. The Morgan fingerprint density at radius 2 is 2.13 bits per heavy atom. The van der Waals surface area contributed by atoms with E-state index in [1.54, 1.807) is 7.11 Å². The van der Waals surface area contributed by atoms with Gasteiger partial charge in [-0.1, -0.05) is 0 Å². The van der Waals surface area contributed by atoms with Gasteiger partial charge in [0.05, 0.1) is 12.7 Å². The highest BCUT2D eigenvalue weighted by Gasteiger charge is 2.30. The zero-order chi connectivity index (χ0) is 11.3. The first-order valence-electron chi connectivity index (χ1n) is 5.68. The van der Waals surface area contributed by atoms with E-state index in [9.17, 15) is 5.11 Å². The van der Waals surface area contributed by atoms with Crippen molar-refractivity contribution in [2.75, 3.05) is 40.9 Å². The predicted octanol–water partition coefficient (Wildman–Crippen LogP) is -0.0765. The molecule has 1 rings (SSSR count). The second-order valence-corrected chi connectivity index (χ2v) is 4.72. The fourth-order valence-electron chi connectivity index (χ4n) is 1.81. The van der Waals surface area contributed by atoms with Crippen molar-refractivity contribution in [3.05, 3.63) is 0 Å². The van der Waals surface area contributed by atoms with E-state index in [1.165, 1.54) is 12.8 Å². The first kappa shape index (κ1) is 12.9. The summed E-state index contributed by atoms with van der Waals surface area (Å²) in [6.07, 6.45) is 2.30. The first-order valence-corrected chi connectivity index (χ1v) is 5.68. The van der Waals surface area contributed by atoms with E-state index in [1.807, 2.05) is 19.0 Å². The van der Waals surface area contributed by atoms with Gasteiger partial charge in [-0.15, -0.1) is 0 Å². The monoisotopic (exact) mass is 216 g/mol. The molecule has 4 nitrogen and oxygen atoms in total. The molecule has 0 spiro atoms.